The summed E-state index contributed by atoms with van der Waals surface area (Å²) in [5, 5.41) is 21.0. The van der Waals surface area contributed by atoms with Crippen LogP contribution in [0, 0.1) is 0 Å². The number of Topliss-reactive ketones (excluding diaryl/α,β-unsaturated/α-hetero) is 3. The molecular weight excluding hydrogens is 438 g/mol. The molecule has 0 bridgehead atoms. The number of ketones is 3. The van der Waals surface area contributed by atoms with E-state index >= 15 is 0 Å². The molecule has 4 N–H and O–H groups in total. The topological polar surface area (TPSA) is 144 Å². The van der Waals surface area contributed by atoms with Crippen molar-refractivity contribution >= 4 is 23.3 Å². The third-order valence-corrected chi connectivity index (χ3v) is 6.29. The maximum atomic E-state index is 12.5. The second-order valence-electron chi connectivity index (χ2n) is 9.18. The highest BCUT2D eigenvalue weighted by atomic mass is 16.6. The zero-order chi connectivity index (χ0) is 26.4. The van der Waals surface area contributed by atoms with Gasteiger partial charge in [0.1, 0.15) is 6.10 Å². The van der Waals surface area contributed by atoms with Gasteiger partial charge in [-0.25, -0.2) is 0 Å². The highest BCUT2D eigenvalue weighted by molar-refractivity contribution is 6.16. The number of nitrogens with two attached hydrogens (primary N) is 1. The normalized spacial score (nSPS) is 15.5. The van der Waals surface area contributed by atoms with Gasteiger partial charge in [0.15, 0.2) is 22.9 Å². The molecule has 8 heteroatoms. The van der Waals surface area contributed by atoms with Crippen LogP contribution in [-0.4, -0.2) is 56.9 Å². The lowest BCUT2D eigenvalue weighted by Gasteiger charge is -2.44. The van der Waals surface area contributed by atoms with Gasteiger partial charge in [-0.3, -0.25) is 19.2 Å². The fourth-order valence-corrected chi connectivity index (χ4v) is 4.26. The molecule has 34 heavy (non-hydrogen) atoms. The van der Waals surface area contributed by atoms with Gasteiger partial charge in [0.25, 0.3) is 5.60 Å². The number of hydrogen-bond donors (Lipinski definition) is 3. The maximum absolute atomic E-state index is 12.5. The van der Waals surface area contributed by atoms with E-state index in [9.17, 15) is 29.4 Å². The van der Waals surface area contributed by atoms with Crippen LogP contribution < -0.4 is 5.73 Å². The van der Waals surface area contributed by atoms with Crippen molar-refractivity contribution in [3.05, 3.63) is 12.2 Å². The largest absolute Gasteiger partial charge is 0.440 e. The first kappa shape index (κ1) is 32.1. The number of carbonyl (C=O) groups is 4. The van der Waals surface area contributed by atoms with Gasteiger partial charge in [-0.1, -0.05) is 83.3 Å². The molecule has 0 amide bonds. The lowest BCUT2D eigenvalue weighted by atomic mass is 9.69. The molecule has 0 aromatic rings. The van der Waals surface area contributed by atoms with Gasteiger partial charge in [-0.15, -0.1) is 0 Å². The van der Waals surface area contributed by atoms with Crippen molar-refractivity contribution in [2.24, 2.45) is 5.73 Å². The van der Waals surface area contributed by atoms with E-state index in [-0.39, 0.29) is 0 Å². The average Bonchev–Trinajstić information content (AvgIpc) is 2.75. The molecule has 0 aliphatic heterocycles. The third kappa shape index (κ3) is 9.04. The summed E-state index contributed by atoms with van der Waals surface area (Å²) in [7, 11) is 0. The molecule has 0 aromatic heterocycles. The summed E-state index contributed by atoms with van der Waals surface area (Å²) in [5.74, 6) is -3.88. The summed E-state index contributed by atoms with van der Waals surface area (Å²) in [6.07, 6.45) is 11.7. The Labute approximate surface area is 204 Å². The van der Waals surface area contributed by atoms with Gasteiger partial charge in [0.05, 0.1) is 6.10 Å². The lowest BCUT2D eigenvalue weighted by Crippen LogP contribution is -2.77. The summed E-state index contributed by atoms with van der Waals surface area (Å²) < 4.78 is 5.01. The Morgan fingerprint density at radius 2 is 1.21 bits per heavy atom. The molecule has 0 fully saturated rings. The summed E-state index contributed by atoms with van der Waals surface area (Å²) in [5.41, 5.74) is 0.919. The zero-order valence-electron chi connectivity index (χ0n) is 21.6. The van der Waals surface area contributed by atoms with Crippen LogP contribution in [0.2, 0.25) is 0 Å². The summed E-state index contributed by atoms with van der Waals surface area (Å²) in [6, 6.07) is 0. The molecule has 0 saturated carbocycles. The van der Waals surface area contributed by atoms with Crippen molar-refractivity contribution in [1.29, 1.82) is 0 Å². The van der Waals surface area contributed by atoms with Gasteiger partial charge in [0.2, 0.25) is 0 Å². The van der Waals surface area contributed by atoms with Gasteiger partial charge < -0.3 is 20.7 Å². The molecule has 0 saturated heterocycles. The Bertz CT molecular complexity index is 689. The van der Waals surface area contributed by atoms with Crippen LogP contribution in [0.3, 0.4) is 0 Å². The van der Waals surface area contributed by atoms with Crippen LogP contribution in [0.25, 0.3) is 0 Å². The number of aliphatic hydroxyl groups excluding tert-OH is 2. The smallest absolute Gasteiger partial charge is 0.304 e. The van der Waals surface area contributed by atoms with E-state index < -0.39 is 46.7 Å². The minimum Gasteiger partial charge on any atom is -0.440 e. The Kier molecular flexibility index (Phi) is 15.0. The molecule has 8 nitrogen and oxygen atoms in total. The molecular formula is C26H45NO7. The summed E-state index contributed by atoms with van der Waals surface area (Å²) in [6.45, 7) is 6.10. The van der Waals surface area contributed by atoms with E-state index in [1.54, 1.807) is 0 Å². The van der Waals surface area contributed by atoms with Gasteiger partial charge in [-0.05, 0) is 27.2 Å². The van der Waals surface area contributed by atoms with Crippen LogP contribution in [0.5, 0.6) is 0 Å². The fraction of sp³-hybridized carbons (Fsp3) is 0.769. The van der Waals surface area contributed by atoms with E-state index in [4.69, 9.17) is 10.5 Å². The van der Waals surface area contributed by atoms with Gasteiger partial charge in [-0.2, -0.15) is 0 Å². The molecule has 0 radical (unpaired) electrons. The number of ether oxygens (including phenoxy) is 1. The monoisotopic (exact) mass is 483 g/mol. The summed E-state index contributed by atoms with van der Waals surface area (Å²) >= 11 is 0. The predicted molar refractivity (Wildman–Crippen MR) is 131 cm³/mol. The van der Waals surface area contributed by atoms with Crippen LogP contribution >= 0.6 is 0 Å². The van der Waals surface area contributed by atoms with Gasteiger partial charge >= 0.3 is 5.97 Å². The molecule has 196 valence electrons. The number of hydrogen-bond acceptors (Lipinski definition) is 8. The van der Waals surface area contributed by atoms with Crippen molar-refractivity contribution in [3.8, 4) is 0 Å². The zero-order valence-corrected chi connectivity index (χ0v) is 21.6. The Morgan fingerprint density at radius 1 is 0.765 bits per heavy atom. The molecule has 0 heterocycles. The van der Waals surface area contributed by atoms with Crippen LogP contribution in [0.15, 0.2) is 12.2 Å². The molecule has 0 rings (SSSR count). The second-order valence-corrected chi connectivity index (χ2v) is 9.18. The average molecular weight is 484 g/mol. The molecule has 3 atom stereocenters. The van der Waals surface area contributed by atoms with Gasteiger partial charge in [0, 0.05) is 6.92 Å². The number of aliphatic hydroxyl groups is 2. The van der Waals surface area contributed by atoms with Crippen LogP contribution in [-0.2, 0) is 23.9 Å². The van der Waals surface area contributed by atoms with Crippen molar-refractivity contribution in [1.82, 2.24) is 0 Å². The number of unbranched alkanes of at least 4 members (excludes halogenated alkanes) is 9. The van der Waals surface area contributed by atoms with Crippen molar-refractivity contribution in [3.63, 3.8) is 0 Å². The van der Waals surface area contributed by atoms with Crippen molar-refractivity contribution in [2.75, 3.05) is 0 Å². The van der Waals surface area contributed by atoms with E-state index in [0.717, 1.165) is 53.0 Å². The molecule has 0 aliphatic carbocycles. The third-order valence-electron chi connectivity index (χ3n) is 6.29. The Hall–Kier alpha value is -1.90. The highest BCUT2D eigenvalue weighted by Crippen LogP contribution is 2.32. The molecule has 0 aliphatic rings. The molecule has 0 spiro atoms. The van der Waals surface area contributed by atoms with E-state index in [1.165, 1.54) is 51.0 Å². The highest BCUT2D eigenvalue weighted by Gasteiger charge is 2.65. The van der Waals surface area contributed by atoms with E-state index in [2.05, 4.69) is 6.92 Å². The lowest BCUT2D eigenvalue weighted by molar-refractivity contribution is -0.184. The number of esters is 1. The first-order valence-corrected chi connectivity index (χ1v) is 12.4. The van der Waals surface area contributed by atoms with Crippen molar-refractivity contribution in [2.45, 2.75) is 129 Å². The summed E-state index contributed by atoms with van der Waals surface area (Å²) in [4.78, 5) is 49.0. The minimum absolute atomic E-state index is 0.450. The fourth-order valence-electron chi connectivity index (χ4n) is 4.26. The first-order valence-electron chi connectivity index (χ1n) is 12.4. The molecule has 0 aromatic carbocycles. The standard InChI is InChI=1S/C26H45NO7/c1-6-7-8-9-10-11-12-13-14-15-16-23(32)17-18-24(33)25(27,19(2)28)26(20(3)29,21(4)30)34-22(5)31/h17-18,23-24,32-33H,6-16,27H2,1-5H3. The second kappa shape index (κ2) is 15.9. The Morgan fingerprint density at radius 3 is 1.59 bits per heavy atom. The SMILES string of the molecule is CCCCCCCCCCCCC(O)C=CC(O)C(N)(C(C)=O)C(OC(C)=O)(C(C)=O)C(C)=O. The van der Waals surface area contributed by atoms with Crippen LogP contribution in [0.4, 0.5) is 0 Å². The van der Waals surface area contributed by atoms with Crippen molar-refractivity contribution < 1.29 is 34.1 Å². The Balaban J connectivity index is 5.03. The van der Waals surface area contributed by atoms with E-state index in [1.807, 2.05) is 0 Å². The number of carbonyl (C=O) groups excluding carboxylic acids is 4. The quantitative estimate of drug-likeness (QED) is 0.110. The molecule has 3 unspecified atom stereocenters. The predicted octanol–water partition coefficient (Wildman–Crippen LogP) is 3.34. The van der Waals surface area contributed by atoms with Crippen LogP contribution in [0.1, 0.15) is 105 Å². The minimum atomic E-state index is -2.68. The first-order chi connectivity index (χ1) is 15.9. The number of rotatable bonds is 19. The van der Waals surface area contributed by atoms with E-state index in [0.29, 0.717) is 6.42 Å². The maximum Gasteiger partial charge on any atom is 0.304 e.